The lowest BCUT2D eigenvalue weighted by molar-refractivity contribution is 0.0773. The Morgan fingerprint density at radius 2 is 1.92 bits per heavy atom. The molecule has 1 aromatic rings. The summed E-state index contributed by atoms with van der Waals surface area (Å²) in [5.74, 6) is 1.82. The minimum Gasteiger partial charge on any atom is -0.357 e. The van der Waals surface area contributed by atoms with Crippen LogP contribution in [-0.4, -0.2) is 54.4 Å². The lowest BCUT2D eigenvalue weighted by Gasteiger charge is -2.33. The number of benzene rings is 1. The normalized spacial score (nSPS) is 17.9. The van der Waals surface area contributed by atoms with E-state index in [2.05, 4.69) is 24.1 Å². The Hall–Kier alpha value is -2.04. The van der Waals surface area contributed by atoms with Crippen molar-refractivity contribution in [3.63, 3.8) is 0 Å². The number of hydrogen-bond acceptors (Lipinski definition) is 2. The molecule has 0 radical (unpaired) electrons. The number of amides is 1. The molecule has 26 heavy (non-hydrogen) atoms. The summed E-state index contributed by atoms with van der Waals surface area (Å²) in [6, 6.07) is 7.87. The van der Waals surface area contributed by atoms with E-state index in [1.807, 2.05) is 43.0 Å². The molecule has 1 atom stereocenters. The van der Waals surface area contributed by atoms with Crippen LogP contribution in [0.4, 0.5) is 0 Å². The van der Waals surface area contributed by atoms with Crippen molar-refractivity contribution in [3.05, 3.63) is 35.4 Å². The summed E-state index contributed by atoms with van der Waals surface area (Å²) in [5, 5.41) is 3.42. The van der Waals surface area contributed by atoms with Crippen molar-refractivity contribution in [2.75, 3.05) is 32.7 Å². The van der Waals surface area contributed by atoms with E-state index in [4.69, 9.17) is 4.99 Å². The molecule has 1 N–H and O–H groups in total. The Bertz CT molecular complexity index is 593. The molecule has 1 aliphatic heterocycles. The summed E-state index contributed by atoms with van der Waals surface area (Å²) in [7, 11) is 0. The molecule has 0 aromatic heterocycles. The first-order valence-corrected chi connectivity index (χ1v) is 10.00. The zero-order chi connectivity index (χ0) is 18.9. The molecule has 5 heteroatoms. The summed E-state index contributed by atoms with van der Waals surface area (Å²) in [6.45, 7) is 13.6. The molecule has 5 nitrogen and oxygen atoms in total. The Balaban J connectivity index is 2.03. The third-order valence-electron chi connectivity index (χ3n) is 4.95. The van der Waals surface area contributed by atoms with E-state index < -0.39 is 0 Å². The van der Waals surface area contributed by atoms with Crippen molar-refractivity contribution in [1.29, 1.82) is 0 Å². The molecule has 0 saturated carbocycles. The SMILES string of the molecule is CCNC(=NCc1ccc(C(=O)N(CC)CC)cc1)N1CCCC(C)C1. The Kier molecular flexibility index (Phi) is 7.95. The standard InChI is InChI=1S/C21H34N4O/c1-5-22-21(25-14-8-9-17(4)16-25)23-15-18-10-12-19(13-11-18)20(26)24(6-2)7-3/h10-13,17H,5-9,14-16H2,1-4H3,(H,22,23). The molecule has 1 aliphatic rings. The van der Waals surface area contributed by atoms with E-state index in [9.17, 15) is 4.79 Å². The first-order valence-electron chi connectivity index (χ1n) is 10.00. The van der Waals surface area contributed by atoms with Crippen LogP contribution in [0.1, 0.15) is 56.5 Å². The van der Waals surface area contributed by atoms with Gasteiger partial charge >= 0.3 is 0 Å². The number of aliphatic imine (C=N–C) groups is 1. The average Bonchev–Trinajstić information content (AvgIpc) is 2.66. The Labute approximate surface area is 158 Å². The highest BCUT2D eigenvalue weighted by Gasteiger charge is 2.19. The molecule has 0 spiro atoms. The van der Waals surface area contributed by atoms with Crippen molar-refractivity contribution < 1.29 is 4.79 Å². The highest BCUT2D eigenvalue weighted by molar-refractivity contribution is 5.94. The summed E-state index contributed by atoms with van der Waals surface area (Å²) in [4.78, 5) is 21.4. The predicted octanol–water partition coefficient (Wildman–Crippen LogP) is 3.37. The number of nitrogens with zero attached hydrogens (tertiary/aromatic N) is 3. The third kappa shape index (κ3) is 5.48. The second-order valence-electron chi connectivity index (χ2n) is 7.04. The van der Waals surface area contributed by atoms with Gasteiger partial charge in [-0.15, -0.1) is 0 Å². The van der Waals surface area contributed by atoms with Gasteiger partial charge in [0.1, 0.15) is 0 Å². The van der Waals surface area contributed by atoms with Gasteiger partial charge in [0.05, 0.1) is 6.54 Å². The Morgan fingerprint density at radius 1 is 1.23 bits per heavy atom. The minimum atomic E-state index is 0.0979. The average molecular weight is 359 g/mol. The lowest BCUT2D eigenvalue weighted by atomic mass is 10.0. The molecule has 144 valence electrons. The van der Waals surface area contributed by atoms with Gasteiger partial charge < -0.3 is 15.1 Å². The van der Waals surface area contributed by atoms with E-state index in [-0.39, 0.29) is 5.91 Å². The van der Waals surface area contributed by atoms with Crippen molar-refractivity contribution in [1.82, 2.24) is 15.1 Å². The van der Waals surface area contributed by atoms with Gasteiger partial charge in [-0.05, 0) is 57.2 Å². The number of piperidine rings is 1. The first-order chi connectivity index (χ1) is 12.6. The molecule has 0 bridgehead atoms. The van der Waals surface area contributed by atoms with Gasteiger partial charge in [0.15, 0.2) is 5.96 Å². The fourth-order valence-corrected chi connectivity index (χ4v) is 3.42. The number of carbonyl (C=O) groups is 1. The molecule has 1 heterocycles. The highest BCUT2D eigenvalue weighted by Crippen LogP contribution is 2.16. The molecule has 1 aromatic carbocycles. The number of hydrogen-bond donors (Lipinski definition) is 1. The Morgan fingerprint density at radius 3 is 2.50 bits per heavy atom. The van der Waals surface area contributed by atoms with Crippen LogP contribution >= 0.6 is 0 Å². The third-order valence-corrected chi connectivity index (χ3v) is 4.95. The van der Waals surface area contributed by atoms with Crippen LogP contribution in [0, 0.1) is 5.92 Å². The van der Waals surface area contributed by atoms with Crippen LogP contribution in [0.3, 0.4) is 0 Å². The van der Waals surface area contributed by atoms with Gasteiger partial charge in [-0.25, -0.2) is 4.99 Å². The summed E-state index contributed by atoms with van der Waals surface area (Å²) < 4.78 is 0. The largest absolute Gasteiger partial charge is 0.357 e. The van der Waals surface area contributed by atoms with Gasteiger partial charge in [0, 0.05) is 38.3 Å². The van der Waals surface area contributed by atoms with Crippen LogP contribution < -0.4 is 5.32 Å². The van der Waals surface area contributed by atoms with Gasteiger partial charge in [0.25, 0.3) is 5.91 Å². The van der Waals surface area contributed by atoms with E-state index in [0.29, 0.717) is 6.54 Å². The van der Waals surface area contributed by atoms with Crippen molar-refractivity contribution in [2.24, 2.45) is 10.9 Å². The zero-order valence-electron chi connectivity index (χ0n) is 16.8. The number of guanidine groups is 1. The number of likely N-dealkylation sites (tertiary alicyclic amines) is 1. The van der Waals surface area contributed by atoms with Gasteiger partial charge in [0.2, 0.25) is 0 Å². The maximum atomic E-state index is 12.4. The van der Waals surface area contributed by atoms with Crippen LogP contribution in [0.2, 0.25) is 0 Å². The molecule has 0 aliphatic carbocycles. The lowest BCUT2D eigenvalue weighted by Crippen LogP contribution is -2.46. The second-order valence-corrected chi connectivity index (χ2v) is 7.04. The van der Waals surface area contributed by atoms with Crippen LogP contribution in [0.15, 0.2) is 29.3 Å². The minimum absolute atomic E-state index is 0.0979. The van der Waals surface area contributed by atoms with Crippen molar-refractivity contribution >= 4 is 11.9 Å². The fourth-order valence-electron chi connectivity index (χ4n) is 3.42. The fraction of sp³-hybridized carbons (Fsp3) is 0.619. The molecule has 1 unspecified atom stereocenters. The van der Waals surface area contributed by atoms with Crippen LogP contribution in [0.25, 0.3) is 0 Å². The van der Waals surface area contributed by atoms with E-state index >= 15 is 0 Å². The molecule has 1 amide bonds. The van der Waals surface area contributed by atoms with Gasteiger partial charge in [-0.2, -0.15) is 0 Å². The summed E-state index contributed by atoms with van der Waals surface area (Å²) in [6.07, 6.45) is 2.53. The van der Waals surface area contributed by atoms with E-state index in [1.54, 1.807) is 0 Å². The molecular formula is C21H34N4O. The second kappa shape index (κ2) is 10.2. The number of rotatable bonds is 6. The monoisotopic (exact) mass is 358 g/mol. The highest BCUT2D eigenvalue weighted by atomic mass is 16.2. The molecule has 1 fully saturated rings. The summed E-state index contributed by atoms with van der Waals surface area (Å²) in [5.41, 5.74) is 1.87. The first kappa shape index (κ1) is 20.3. The van der Waals surface area contributed by atoms with E-state index in [1.165, 1.54) is 12.8 Å². The number of carbonyl (C=O) groups excluding carboxylic acids is 1. The van der Waals surface area contributed by atoms with Crippen LogP contribution in [0.5, 0.6) is 0 Å². The maximum absolute atomic E-state index is 12.4. The van der Waals surface area contributed by atoms with E-state index in [0.717, 1.165) is 55.7 Å². The van der Waals surface area contributed by atoms with Crippen molar-refractivity contribution in [2.45, 2.75) is 47.1 Å². The molecule has 2 rings (SSSR count). The summed E-state index contributed by atoms with van der Waals surface area (Å²) >= 11 is 0. The quantitative estimate of drug-likeness (QED) is 0.626. The maximum Gasteiger partial charge on any atom is 0.253 e. The van der Waals surface area contributed by atoms with Gasteiger partial charge in [-0.1, -0.05) is 19.1 Å². The smallest absolute Gasteiger partial charge is 0.253 e. The molecular weight excluding hydrogens is 324 g/mol. The molecule has 1 saturated heterocycles. The predicted molar refractivity (Wildman–Crippen MR) is 108 cm³/mol. The number of nitrogens with one attached hydrogen (secondary N) is 1. The topological polar surface area (TPSA) is 47.9 Å². The van der Waals surface area contributed by atoms with Gasteiger partial charge in [-0.3, -0.25) is 4.79 Å². The van der Waals surface area contributed by atoms with Crippen molar-refractivity contribution in [3.8, 4) is 0 Å². The zero-order valence-corrected chi connectivity index (χ0v) is 16.8. The van der Waals surface area contributed by atoms with Crippen LogP contribution in [-0.2, 0) is 6.54 Å².